The Morgan fingerprint density at radius 2 is 2.08 bits per heavy atom. The average Bonchev–Trinajstić information content (AvgIpc) is 2.54. The number of methoxy groups -OCH3 is 1. The molecule has 0 radical (unpaired) electrons. The monoisotopic (exact) mass is 360 g/mol. The van der Waals surface area contributed by atoms with E-state index in [0.717, 1.165) is 0 Å². The fourth-order valence-corrected chi connectivity index (χ4v) is 3.16. The van der Waals surface area contributed by atoms with Gasteiger partial charge in [-0.3, -0.25) is 4.99 Å². The third-order valence-electron chi connectivity index (χ3n) is 3.90. The predicted octanol–water partition coefficient (Wildman–Crippen LogP) is 4.04. The average molecular weight is 361 g/mol. The van der Waals surface area contributed by atoms with E-state index in [9.17, 15) is 4.79 Å². The molecular formula is C19H21ClN2O3. The molecule has 5 nitrogen and oxygen atoms in total. The van der Waals surface area contributed by atoms with Crippen molar-refractivity contribution in [1.29, 1.82) is 0 Å². The van der Waals surface area contributed by atoms with Crippen LogP contribution < -0.4 is 0 Å². The van der Waals surface area contributed by atoms with Gasteiger partial charge >= 0.3 is 5.97 Å². The lowest BCUT2D eigenvalue weighted by molar-refractivity contribution is -0.143. The van der Waals surface area contributed by atoms with Crippen LogP contribution in [0.2, 0.25) is 5.02 Å². The number of hydrogen-bond acceptors (Lipinski definition) is 4. The van der Waals surface area contributed by atoms with Gasteiger partial charge in [-0.25, -0.2) is 11.4 Å². The first kappa shape index (κ1) is 19.2. The molecule has 1 aromatic rings. The van der Waals surface area contributed by atoms with Crippen LogP contribution in [0.25, 0.3) is 4.85 Å². The quantitative estimate of drug-likeness (QED) is 0.588. The van der Waals surface area contributed by atoms with E-state index < -0.39 is 17.9 Å². The zero-order valence-corrected chi connectivity index (χ0v) is 15.5. The largest absolute Gasteiger partial charge is 0.460 e. The molecule has 1 aliphatic rings. The summed E-state index contributed by atoms with van der Waals surface area (Å²) in [6.45, 7) is 13.1. The minimum atomic E-state index is -0.616. The molecule has 0 N–H and O–H groups in total. The van der Waals surface area contributed by atoms with E-state index in [2.05, 4.69) is 9.84 Å². The highest BCUT2D eigenvalue weighted by Gasteiger charge is 2.43. The Hall–Kier alpha value is -2.16. The standard InChI is InChI=1S/C19H21ClN2O3/c1-11(2)25-19(23)17-15(10-24-5)22-12(3)18(21-4)16(17)13-8-6-7-9-14(13)20/h6-9,11,16,18H,10H2,1-3,5H3. The number of benzene rings is 1. The summed E-state index contributed by atoms with van der Waals surface area (Å²) < 4.78 is 10.6. The lowest BCUT2D eigenvalue weighted by Gasteiger charge is -2.27. The summed E-state index contributed by atoms with van der Waals surface area (Å²) in [5.74, 6) is -1.03. The molecule has 2 rings (SSSR count). The van der Waals surface area contributed by atoms with Crippen molar-refractivity contribution in [2.75, 3.05) is 13.7 Å². The number of halogens is 1. The first-order chi connectivity index (χ1) is 11.9. The molecule has 25 heavy (non-hydrogen) atoms. The van der Waals surface area contributed by atoms with E-state index in [1.165, 1.54) is 7.11 Å². The van der Waals surface area contributed by atoms with E-state index in [0.29, 0.717) is 27.6 Å². The van der Waals surface area contributed by atoms with Crippen LogP contribution in [-0.2, 0) is 14.3 Å². The smallest absolute Gasteiger partial charge is 0.337 e. The van der Waals surface area contributed by atoms with Gasteiger partial charge in [-0.1, -0.05) is 29.8 Å². The summed E-state index contributed by atoms with van der Waals surface area (Å²) in [6, 6.07) is 6.62. The highest BCUT2D eigenvalue weighted by molar-refractivity contribution is 6.31. The van der Waals surface area contributed by atoms with Gasteiger partial charge < -0.3 is 14.3 Å². The zero-order chi connectivity index (χ0) is 18.6. The molecular weight excluding hydrogens is 340 g/mol. The van der Waals surface area contributed by atoms with Gasteiger partial charge in [-0.2, -0.15) is 0 Å². The summed E-state index contributed by atoms with van der Waals surface area (Å²) in [5.41, 5.74) is 2.17. The topological polar surface area (TPSA) is 52.2 Å². The van der Waals surface area contributed by atoms with E-state index >= 15 is 0 Å². The van der Waals surface area contributed by atoms with Crippen LogP contribution >= 0.6 is 11.6 Å². The van der Waals surface area contributed by atoms with Crippen molar-refractivity contribution < 1.29 is 14.3 Å². The molecule has 132 valence electrons. The highest BCUT2D eigenvalue weighted by atomic mass is 35.5. The molecule has 6 heteroatoms. The van der Waals surface area contributed by atoms with E-state index in [4.69, 9.17) is 27.6 Å². The predicted molar refractivity (Wildman–Crippen MR) is 97.8 cm³/mol. The van der Waals surface area contributed by atoms with Gasteiger partial charge in [0.2, 0.25) is 0 Å². The third kappa shape index (κ3) is 4.09. The maximum atomic E-state index is 12.8. The fourth-order valence-electron chi connectivity index (χ4n) is 2.91. The summed E-state index contributed by atoms with van der Waals surface area (Å²) in [4.78, 5) is 21.0. The Morgan fingerprint density at radius 1 is 1.40 bits per heavy atom. The van der Waals surface area contributed by atoms with Crippen LogP contribution in [0.15, 0.2) is 40.5 Å². The number of esters is 1. The second-order valence-corrected chi connectivity index (χ2v) is 6.48. The van der Waals surface area contributed by atoms with E-state index in [-0.39, 0.29) is 12.7 Å². The lowest BCUT2D eigenvalue weighted by Crippen LogP contribution is -2.34. The Kier molecular flexibility index (Phi) is 6.35. The number of carbonyl (C=O) groups is 1. The molecule has 1 aliphatic heterocycles. The SMILES string of the molecule is [C-]#[N+]C1C(C)=NC(COC)=C(C(=O)OC(C)C)C1c1ccccc1Cl. The van der Waals surface area contributed by atoms with Crippen LogP contribution in [0, 0.1) is 6.57 Å². The number of aliphatic imine (C=N–C) groups is 1. The highest BCUT2D eigenvalue weighted by Crippen LogP contribution is 2.40. The van der Waals surface area contributed by atoms with Gasteiger partial charge in [0.25, 0.3) is 6.04 Å². The van der Waals surface area contributed by atoms with Gasteiger partial charge in [0.1, 0.15) is 5.92 Å². The fraction of sp³-hybridized carbons (Fsp3) is 0.421. The second kappa shape index (κ2) is 8.28. The molecule has 0 aromatic heterocycles. The van der Waals surface area contributed by atoms with Gasteiger partial charge in [-0.05, 0) is 32.4 Å². The van der Waals surface area contributed by atoms with Crippen molar-refractivity contribution in [1.82, 2.24) is 0 Å². The molecule has 2 atom stereocenters. The van der Waals surface area contributed by atoms with Gasteiger partial charge in [-0.15, -0.1) is 0 Å². The number of rotatable bonds is 5. The minimum Gasteiger partial charge on any atom is -0.460 e. The number of nitrogens with zero attached hydrogens (tertiary/aromatic N) is 2. The molecule has 1 heterocycles. The van der Waals surface area contributed by atoms with E-state index in [1.54, 1.807) is 26.8 Å². The maximum absolute atomic E-state index is 12.8. The van der Waals surface area contributed by atoms with Crippen molar-refractivity contribution >= 4 is 23.3 Å². The number of ether oxygens (including phenoxy) is 2. The summed E-state index contributed by atoms with van der Waals surface area (Å²) in [6.07, 6.45) is -0.283. The Morgan fingerprint density at radius 3 is 2.64 bits per heavy atom. The molecule has 0 aliphatic carbocycles. The first-order valence-electron chi connectivity index (χ1n) is 7.99. The minimum absolute atomic E-state index is 0.158. The Balaban J connectivity index is 2.68. The molecule has 2 unspecified atom stereocenters. The molecule has 1 aromatic carbocycles. The van der Waals surface area contributed by atoms with Crippen molar-refractivity contribution in [2.45, 2.75) is 38.8 Å². The Bertz CT molecular complexity index is 762. The first-order valence-corrected chi connectivity index (χ1v) is 8.37. The normalized spacial score (nSPS) is 20.3. The molecule has 0 fully saturated rings. The maximum Gasteiger partial charge on any atom is 0.337 e. The zero-order valence-electron chi connectivity index (χ0n) is 14.7. The van der Waals surface area contributed by atoms with Crippen LogP contribution in [-0.4, -0.2) is 37.5 Å². The molecule has 0 amide bonds. The van der Waals surface area contributed by atoms with Crippen LogP contribution in [0.4, 0.5) is 0 Å². The van der Waals surface area contributed by atoms with Crippen molar-refractivity contribution in [2.24, 2.45) is 4.99 Å². The van der Waals surface area contributed by atoms with Crippen molar-refractivity contribution in [3.8, 4) is 0 Å². The van der Waals surface area contributed by atoms with Crippen LogP contribution in [0.5, 0.6) is 0 Å². The summed E-state index contributed by atoms with van der Waals surface area (Å²) >= 11 is 6.38. The molecule has 0 bridgehead atoms. The van der Waals surface area contributed by atoms with E-state index in [1.807, 2.05) is 18.2 Å². The second-order valence-electron chi connectivity index (χ2n) is 6.07. The number of hydrogen-bond donors (Lipinski definition) is 0. The third-order valence-corrected chi connectivity index (χ3v) is 4.24. The van der Waals surface area contributed by atoms with Gasteiger partial charge in [0.15, 0.2) is 0 Å². The van der Waals surface area contributed by atoms with Crippen molar-refractivity contribution in [3.63, 3.8) is 0 Å². The molecule has 0 saturated carbocycles. The van der Waals surface area contributed by atoms with Gasteiger partial charge in [0, 0.05) is 12.1 Å². The van der Waals surface area contributed by atoms with Crippen LogP contribution in [0.1, 0.15) is 32.3 Å². The van der Waals surface area contributed by atoms with Crippen LogP contribution in [0.3, 0.4) is 0 Å². The summed E-state index contributed by atoms with van der Waals surface area (Å²) in [7, 11) is 1.54. The van der Waals surface area contributed by atoms with Crippen molar-refractivity contribution in [3.05, 3.63) is 57.5 Å². The molecule has 0 spiro atoms. The number of carbonyl (C=O) groups excluding carboxylic acids is 1. The van der Waals surface area contributed by atoms with Gasteiger partial charge in [0.05, 0.1) is 29.7 Å². The summed E-state index contributed by atoms with van der Waals surface area (Å²) in [5, 5.41) is 0.502. The molecule has 0 saturated heterocycles. The Labute approximate surface area is 153 Å². The lowest BCUT2D eigenvalue weighted by atomic mass is 9.80.